The van der Waals surface area contributed by atoms with Crippen molar-refractivity contribution in [1.29, 1.82) is 0 Å². The molecule has 0 aromatic carbocycles. The Bertz CT molecular complexity index is 378. The summed E-state index contributed by atoms with van der Waals surface area (Å²) in [6.45, 7) is 0.595. The van der Waals surface area contributed by atoms with Crippen LogP contribution in [0, 0.1) is 0 Å². The largest absolute Gasteiger partial charge is 0.477 e. The summed E-state index contributed by atoms with van der Waals surface area (Å²) >= 11 is 5.28. The molecule has 1 heterocycles. The van der Waals surface area contributed by atoms with E-state index >= 15 is 0 Å². The minimum atomic E-state index is -3.24. The third kappa shape index (κ3) is 2.35. The van der Waals surface area contributed by atoms with Gasteiger partial charge in [-0.15, -0.1) is 0 Å². The fourth-order valence-corrected chi connectivity index (χ4v) is 0.934. The Hall–Kier alpha value is -1.30. The van der Waals surface area contributed by atoms with Crippen molar-refractivity contribution in [3.8, 4) is 0 Å². The van der Waals surface area contributed by atoms with Crippen LogP contribution in [0.2, 0.25) is 5.28 Å². The molecule has 0 fully saturated rings. The first-order valence-electron chi connectivity index (χ1n) is 3.47. The van der Waals surface area contributed by atoms with Crippen molar-refractivity contribution in [3.63, 3.8) is 0 Å². The molecule has 0 atom stereocenters. The molecule has 76 valence electrons. The molecule has 1 rings (SSSR count). The van der Waals surface area contributed by atoms with Crippen LogP contribution in [0.5, 0.6) is 0 Å². The number of carbonyl (C=O) groups is 1. The second kappa shape index (κ2) is 3.45. The topological polar surface area (TPSA) is 63.1 Å². The lowest BCUT2D eigenvalue weighted by molar-refractivity contribution is 0.0125. The summed E-state index contributed by atoms with van der Waals surface area (Å²) in [5.41, 5.74) is -1.27. The van der Waals surface area contributed by atoms with Gasteiger partial charge in [-0.2, -0.15) is 8.78 Å². The van der Waals surface area contributed by atoms with Crippen molar-refractivity contribution in [2.45, 2.75) is 12.8 Å². The summed E-state index contributed by atoms with van der Waals surface area (Å²) in [6.07, 6.45) is 0. The normalized spacial score (nSPS) is 11.4. The number of alkyl halides is 2. The Morgan fingerprint density at radius 2 is 2.14 bits per heavy atom. The number of nitrogens with zero attached hydrogens (tertiary/aromatic N) is 2. The maximum atomic E-state index is 12.7. The van der Waals surface area contributed by atoms with Gasteiger partial charge in [0.25, 0.3) is 5.92 Å². The lowest BCUT2D eigenvalue weighted by atomic mass is 10.2. The van der Waals surface area contributed by atoms with Gasteiger partial charge in [0, 0.05) is 6.92 Å². The summed E-state index contributed by atoms with van der Waals surface area (Å²) in [4.78, 5) is 16.9. The SMILES string of the molecule is CC(F)(F)c1cc(C(=O)O)nc(Cl)n1. The molecule has 1 aromatic rings. The van der Waals surface area contributed by atoms with Gasteiger partial charge in [-0.05, 0) is 17.7 Å². The first-order chi connectivity index (χ1) is 6.30. The van der Waals surface area contributed by atoms with E-state index in [0.717, 1.165) is 0 Å². The monoisotopic (exact) mass is 222 g/mol. The number of aromatic carboxylic acids is 1. The Labute approximate surface area is 82.6 Å². The Morgan fingerprint density at radius 1 is 1.57 bits per heavy atom. The van der Waals surface area contributed by atoms with Crippen LogP contribution in [0.4, 0.5) is 8.78 Å². The van der Waals surface area contributed by atoms with E-state index < -0.39 is 28.6 Å². The lowest BCUT2D eigenvalue weighted by Gasteiger charge is -2.09. The van der Waals surface area contributed by atoms with Gasteiger partial charge < -0.3 is 5.11 Å². The number of aromatic nitrogens is 2. The first-order valence-corrected chi connectivity index (χ1v) is 3.84. The minimum absolute atomic E-state index is 0.513. The molecule has 0 amide bonds. The second-order valence-corrected chi connectivity index (χ2v) is 2.94. The predicted octanol–water partition coefficient (Wildman–Crippen LogP) is 1.94. The van der Waals surface area contributed by atoms with Crippen molar-refractivity contribution in [3.05, 3.63) is 22.7 Å². The van der Waals surface area contributed by atoms with Crippen LogP contribution < -0.4 is 0 Å². The van der Waals surface area contributed by atoms with E-state index in [0.29, 0.717) is 13.0 Å². The quantitative estimate of drug-likeness (QED) is 0.777. The van der Waals surface area contributed by atoms with E-state index in [2.05, 4.69) is 9.97 Å². The molecule has 0 unspecified atom stereocenters. The maximum Gasteiger partial charge on any atom is 0.354 e. The van der Waals surface area contributed by atoms with Gasteiger partial charge in [-0.1, -0.05) is 0 Å². The van der Waals surface area contributed by atoms with Crippen molar-refractivity contribution in [1.82, 2.24) is 9.97 Å². The molecule has 0 saturated carbocycles. The summed E-state index contributed by atoms with van der Waals surface area (Å²) in [5, 5.41) is 7.99. The van der Waals surface area contributed by atoms with Crippen LogP contribution in [0.3, 0.4) is 0 Å². The molecule has 1 N–H and O–H groups in total. The van der Waals surface area contributed by atoms with Crippen LogP contribution >= 0.6 is 11.6 Å². The number of halogens is 3. The average molecular weight is 223 g/mol. The van der Waals surface area contributed by atoms with Crippen LogP contribution in [0.25, 0.3) is 0 Å². The summed E-state index contributed by atoms with van der Waals surface area (Å²) < 4.78 is 25.5. The Morgan fingerprint density at radius 3 is 2.57 bits per heavy atom. The van der Waals surface area contributed by atoms with E-state index in [4.69, 9.17) is 16.7 Å². The van der Waals surface area contributed by atoms with E-state index in [1.165, 1.54) is 0 Å². The fraction of sp³-hybridized carbons (Fsp3) is 0.286. The summed E-state index contributed by atoms with van der Waals surface area (Å²) in [6, 6.07) is 0.689. The zero-order valence-corrected chi connectivity index (χ0v) is 7.72. The smallest absolute Gasteiger partial charge is 0.354 e. The molecule has 0 saturated heterocycles. The molecule has 7 heteroatoms. The van der Waals surface area contributed by atoms with Gasteiger partial charge in [-0.25, -0.2) is 14.8 Å². The first kappa shape index (κ1) is 10.8. The molecule has 0 radical (unpaired) electrons. The Kier molecular flexibility index (Phi) is 2.66. The van der Waals surface area contributed by atoms with E-state index in [-0.39, 0.29) is 0 Å². The molecule has 14 heavy (non-hydrogen) atoms. The predicted molar refractivity (Wildman–Crippen MR) is 43.6 cm³/mol. The number of carboxylic acid groups (broad SMARTS) is 1. The lowest BCUT2D eigenvalue weighted by Crippen LogP contribution is -2.13. The van der Waals surface area contributed by atoms with Crippen LogP contribution in [0.15, 0.2) is 6.07 Å². The number of hydrogen-bond acceptors (Lipinski definition) is 3. The second-order valence-electron chi connectivity index (χ2n) is 2.60. The highest BCUT2D eigenvalue weighted by molar-refractivity contribution is 6.28. The number of hydrogen-bond donors (Lipinski definition) is 1. The number of carboxylic acids is 1. The summed E-state index contributed by atoms with van der Waals surface area (Å²) in [7, 11) is 0. The highest BCUT2D eigenvalue weighted by Crippen LogP contribution is 2.26. The van der Waals surface area contributed by atoms with Crippen LogP contribution in [-0.2, 0) is 5.92 Å². The van der Waals surface area contributed by atoms with Gasteiger partial charge in [0.05, 0.1) is 0 Å². The van der Waals surface area contributed by atoms with E-state index in [1.807, 2.05) is 0 Å². The molecular weight excluding hydrogens is 218 g/mol. The molecule has 1 aromatic heterocycles. The zero-order valence-electron chi connectivity index (χ0n) is 6.96. The number of rotatable bonds is 2. The maximum absolute atomic E-state index is 12.7. The van der Waals surface area contributed by atoms with E-state index in [9.17, 15) is 13.6 Å². The standard InChI is InChI=1S/C7H5ClF2N2O2/c1-7(9,10)4-2-3(5(13)14)11-6(8)12-4/h2H,1H3,(H,13,14). The van der Waals surface area contributed by atoms with E-state index in [1.54, 1.807) is 0 Å². The van der Waals surface area contributed by atoms with Gasteiger partial charge >= 0.3 is 5.97 Å². The van der Waals surface area contributed by atoms with Crippen LogP contribution in [0.1, 0.15) is 23.1 Å². The van der Waals surface area contributed by atoms with Crippen molar-refractivity contribution in [2.75, 3.05) is 0 Å². The Balaban J connectivity index is 3.28. The van der Waals surface area contributed by atoms with Gasteiger partial charge in [-0.3, -0.25) is 0 Å². The van der Waals surface area contributed by atoms with Crippen molar-refractivity contribution >= 4 is 17.6 Å². The highest BCUT2D eigenvalue weighted by atomic mass is 35.5. The zero-order chi connectivity index (χ0) is 10.9. The van der Waals surface area contributed by atoms with Gasteiger partial charge in [0.2, 0.25) is 5.28 Å². The third-order valence-electron chi connectivity index (χ3n) is 1.37. The molecule has 0 aliphatic heterocycles. The van der Waals surface area contributed by atoms with Gasteiger partial charge in [0.15, 0.2) is 5.69 Å². The molecule has 0 spiro atoms. The molecule has 0 aliphatic rings. The highest BCUT2D eigenvalue weighted by Gasteiger charge is 2.28. The molecule has 0 aliphatic carbocycles. The van der Waals surface area contributed by atoms with Crippen molar-refractivity contribution in [2.24, 2.45) is 0 Å². The van der Waals surface area contributed by atoms with Crippen LogP contribution in [-0.4, -0.2) is 21.0 Å². The minimum Gasteiger partial charge on any atom is -0.477 e. The van der Waals surface area contributed by atoms with Gasteiger partial charge in [0.1, 0.15) is 5.69 Å². The third-order valence-corrected chi connectivity index (χ3v) is 1.54. The molecule has 4 nitrogen and oxygen atoms in total. The van der Waals surface area contributed by atoms with Crippen molar-refractivity contribution < 1.29 is 18.7 Å². The summed E-state index contributed by atoms with van der Waals surface area (Å²) in [5.74, 6) is -4.67. The molecular formula is C7H5ClF2N2O2. The molecule has 0 bridgehead atoms. The average Bonchev–Trinajstić information content (AvgIpc) is 2.01. The fourth-order valence-electron chi connectivity index (χ4n) is 0.752.